The van der Waals surface area contributed by atoms with Crippen LogP contribution in [-0.2, 0) is 22.6 Å². The van der Waals surface area contributed by atoms with Gasteiger partial charge >= 0.3 is 11.9 Å². The number of benzene rings is 1. The fourth-order valence-corrected chi connectivity index (χ4v) is 5.05. The number of ether oxygens (including phenoxy) is 1. The first kappa shape index (κ1) is 19.7. The van der Waals surface area contributed by atoms with Gasteiger partial charge in [0, 0.05) is 41.2 Å². The Labute approximate surface area is 173 Å². The van der Waals surface area contributed by atoms with Gasteiger partial charge in [0.2, 0.25) is 0 Å². The van der Waals surface area contributed by atoms with Crippen molar-refractivity contribution in [3.8, 4) is 5.75 Å². The summed E-state index contributed by atoms with van der Waals surface area (Å²) in [4.78, 5) is 25.5. The summed E-state index contributed by atoms with van der Waals surface area (Å²) >= 11 is 1.69. The summed E-state index contributed by atoms with van der Waals surface area (Å²) < 4.78 is 6.05. The lowest BCUT2D eigenvalue weighted by Gasteiger charge is -2.29. The van der Waals surface area contributed by atoms with E-state index in [9.17, 15) is 14.7 Å². The van der Waals surface area contributed by atoms with Crippen LogP contribution in [0.3, 0.4) is 0 Å². The third kappa shape index (κ3) is 4.36. The number of piperidine rings is 1. The van der Waals surface area contributed by atoms with Crippen LogP contribution in [0, 0.1) is 0 Å². The van der Waals surface area contributed by atoms with Crippen molar-refractivity contribution >= 4 is 28.8 Å². The third-order valence-corrected chi connectivity index (χ3v) is 6.45. The second kappa shape index (κ2) is 8.39. The Kier molecular flexibility index (Phi) is 5.69. The quantitative estimate of drug-likeness (QED) is 0.778. The first-order valence-corrected chi connectivity index (χ1v) is 10.6. The molecule has 0 radical (unpaired) electrons. The van der Waals surface area contributed by atoms with Gasteiger partial charge in [-0.25, -0.2) is 0 Å². The Morgan fingerprint density at radius 1 is 1.10 bits per heavy atom. The Bertz CT molecular complexity index is 967. The molecule has 7 heteroatoms. The number of carboxylic acid groups (broad SMARTS) is 2. The van der Waals surface area contributed by atoms with Crippen molar-refractivity contribution in [2.45, 2.75) is 32.3 Å². The van der Waals surface area contributed by atoms with E-state index in [0.29, 0.717) is 13.2 Å². The molecule has 1 fully saturated rings. The summed E-state index contributed by atoms with van der Waals surface area (Å²) in [5.41, 5.74) is 5.39. The van der Waals surface area contributed by atoms with Crippen LogP contribution in [-0.4, -0.2) is 46.7 Å². The molecule has 6 nitrogen and oxygen atoms in total. The number of likely N-dealkylation sites (tertiary alicyclic amines) is 1. The van der Waals surface area contributed by atoms with Crippen molar-refractivity contribution in [1.29, 1.82) is 0 Å². The molecule has 1 aromatic heterocycles. The van der Waals surface area contributed by atoms with Gasteiger partial charge in [-0.05, 0) is 42.0 Å². The Hall–Kier alpha value is -2.64. The van der Waals surface area contributed by atoms with Crippen molar-refractivity contribution in [3.05, 3.63) is 56.8 Å². The number of carboxylic acids is 2. The van der Waals surface area contributed by atoms with Gasteiger partial charge in [0.1, 0.15) is 12.4 Å². The number of hydrogen-bond acceptors (Lipinski definition) is 5. The highest BCUT2D eigenvalue weighted by molar-refractivity contribution is 7.11. The van der Waals surface area contributed by atoms with Crippen molar-refractivity contribution in [2.75, 3.05) is 19.6 Å². The second-order valence-corrected chi connectivity index (χ2v) is 8.34. The highest BCUT2D eigenvalue weighted by atomic mass is 32.1. The van der Waals surface area contributed by atoms with Crippen molar-refractivity contribution in [1.82, 2.24) is 4.90 Å². The highest BCUT2D eigenvalue weighted by Gasteiger charge is 2.26. The fraction of sp³-hybridized carbons (Fsp3) is 0.364. The van der Waals surface area contributed by atoms with Crippen LogP contribution in [0.2, 0.25) is 0 Å². The van der Waals surface area contributed by atoms with Crippen LogP contribution in [0.15, 0.2) is 35.2 Å². The number of thiophene rings is 1. The monoisotopic (exact) mass is 413 g/mol. The third-order valence-electron chi connectivity index (χ3n) is 5.48. The minimum absolute atomic E-state index is 0.0177. The molecule has 2 aromatic rings. The zero-order valence-electron chi connectivity index (χ0n) is 16.0. The van der Waals surface area contributed by atoms with Crippen molar-refractivity contribution in [2.24, 2.45) is 0 Å². The van der Waals surface area contributed by atoms with E-state index in [-0.39, 0.29) is 12.8 Å². The zero-order chi connectivity index (χ0) is 20.4. The van der Waals surface area contributed by atoms with E-state index >= 15 is 0 Å². The standard InChI is InChI=1S/C22H23NO5S/c24-19(25)5-9-23-7-3-15(4-8-23)21-17-11-14(12-20(26)27)1-2-18(17)28-13-16-6-10-29-22(16)21/h1-2,6,10-11H,3-5,7-9,12-13H2,(H,24,25)(H,26,27). The maximum absolute atomic E-state index is 11.2. The van der Waals surface area contributed by atoms with Gasteiger partial charge in [0.05, 0.1) is 12.8 Å². The molecule has 0 unspecified atom stereocenters. The molecule has 1 aromatic carbocycles. The van der Waals surface area contributed by atoms with Crippen LogP contribution in [0.25, 0.3) is 5.57 Å². The molecule has 2 N–H and O–H groups in total. The van der Waals surface area contributed by atoms with Crippen LogP contribution in [0.4, 0.5) is 0 Å². The summed E-state index contributed by atoms with van der Waals surface area (Å²) in [6.45, 7) is 2.74. The number of aliphatic carboxylic acids is 2. The number of nitrogens with zero attached hydrogens (tertiary/aromatic N) is 1. The predicted octanol–water partition coefficient (Wildman–Crippen LogP) is 3.64. The SMILES string of the molecule is O=C(O)CCN1CCC(=C2c3cc(CC(=O)O)ccc3OCc3ccsc32)CC1. The summed E-state index contributed by atoms with van der Waals surface area (Å²) in [5.74, 6) is -0.825. The minimum atomic E-state index is -0.850. The van der Waals surface area contributed by atoms with Crippen LogP contribution in [0.1, 0.15) is 40.8 Å². The number of fused-ring (bicyclic) bond motifs is 2. The molecule has 29 heavy (non-hydrogen) atoms. The molecule has 0 amide bonds. The zero-order valence-corrected chi connectivity index (χ0v) is 16.8. The summed E-state index contributed by atoms with van der Waals surface area (Å²) in [6.07, 6.45) is 1.89. The maximum atomic E-state index is 11.2. The first-order valence-electron chi connectivity index (χ1n) is 9.72. The molecule has 1 saturated heterocycles. The number of hydrogen-bond donors (Lipinski definition) is 2. The average molecular weight is 413 g/mol. The summed E-state index contributed by atoms with van der Waals surface area (Å²) in [7, 11) is 0. The van der Waals surface area contributed by atoms with E-state index in [2.05, 4.69) is 16.3 Å². The molecule has 0 spiro atoms. The fourth-order valence-electron chi connectivity index (χ4n) is 4.03. The van der Waals surface area contributed by atoms with E-state index < -0.39 is 11.9 Å². The lowest BCUT2D eigenvalue weighted by atomic mass is 9.89. The lowest BCUT2D eigenvalue weighted by Crippen LogP contribution is -2.32. The Morgan fingerprint density at radius 2 is 1.90 bits per heavy atom. The number of rotatable bonds is 5. The predicted molar refractivity (Wildman–Crippen MR) is 110 cm³/mol. The molecule has 3 heterocycles. The molecule has 0 atom stereocenters. The van der Waals surface area contributed by atoms with E-state index in [1.807, 2.05) is 18.2 Å². The molecule has 0 bridgehead atoms. The van der Waals surface area contributed by atoms with Gasteiger partial charge in [0.15, 0.2) is 0 Å². The maximum Gasteiger partial charge on any atom is 0.307 e. The molecule has 0 aliphatic carbocycles. The molecule has 2 aliphatic heterocycles. The minimum Gasteiger partial charge on any atom is -0.488 e. The van der Waals surface area contributed by atoms with E-state index in [0.717, 1.165) is 48.4 Å². The van der Waals surface area contributed by atoms with E-state index in [1.165, 1.54) is 16.0 Å². The van der Waals surface area contributed by atoms with Gasteiger partial charge in [-0.1, -0.05) is 11.6 Å². The first-order chi connectivity index (χ1) is 14.0. The Balaban J connectivity index is 1.70. The molecule has 0 saturated carbocycles. The van der Waals surface area contributed by atoms with Gasteiger partial charge in [0.25, 0.3) is 0 Å². The molecule has 2 aliphatic rings. The highest BCUT2D eigenvalue weighted by Crippen LogP contribution is 2.43. The van der Waals surface area contributed by atoms with Gasteiger partial charge in [-0.3, -0.25) is 9.59 Å². The van der Waals surface area contributed by atoms with Crippen LogP contribution < -0.4 is 4.74 Å². The molecular formula is C22H23NO5S. The van der Waals surface area contributed by atoms with Gasteiger partial charge in [-0.15, -0.1) is 11.3 Å². The second-order valence-electron chi connectivity index (χ2n) is 7.43. The molecular weight excluding hydrogens is 390 g/mol. The Morgan fingerprint density at radius 3 is 2.62 bits per heavy atom. The normalized spacial score (nSPS) is 16.6. The summed E-state index contributed by atoms with van der Waals surface area (Å²) in [5, 5.41) is 20.2. The van der Waals surface area contributed by atoms with Crippen molar-refractivity contribution < 1.29 is 24.5 Å². The topological polar surface area (TPSA) is 87.1 Å². The summed E-state index contributed by atoms with van der Waals surface area (Å²) in [6, 6.07) is 7.75. The van der Waals surface area contributed by atoms with E-state index in [4.69, 9.17) is 9.84 Å². The van der Waals surface area contributed by atoms with Crippen LogP contribution >= 0.6 is 11.3 Å². The molecule has 152 valence electrons. The van der Waals surface area contributed by atoms with Crippen molar-refractivity contribution in [3.63, 3.8) is 0 Å². The van der Waals surface area contributed by atoms with E-state index in [1.54, 1.807) is 11.3 Å². The average Bonchev–Trinajstić information content (AvgIpc) is 3.09. The van der Waals surface area contributed by atoms with Gasteiger partial charge in [-0.2, -0.15) is 0 Å². The lowest BCUT2D eigenvalue weighted by molar-refractivity contribution is -0.138. The number of carbonyl (C=O) groups is 2. The smallest absolute Gasteiger partial charge is 0.307 e. The van der Waals surface area contributed by atoms with Gasteiger partial charge < -0.3 is 19.8 Å². The van der Waals surface area contributed by atoms with Crippen LogP contribution in [0.5, 0.6) is 5.75 Å². The molecule has 4 rings (SSSR count). The largest absolute Gasteiger partial charge is 0.488 e.